The molecule has 2 aliphatic rings. The third kappa shape index (κ3) is 2.63. The second-order valence-corrected chi connectivity index (χ2v) is 6.04. The summed E-state index contributed by atoms with van der Waals surface area (Å²) in [5, 5.41) is 14.6. The summed E-state index contributed by atoms with van der Waals surface area (Å²) in [6, 6.07) is 6.68. The summed E-state index contributed by atoms with van der Waals surface area (Å²) in [7, 11) is 1.68. The fourth-order valence-electron chi connectivity index (χ4n) is 2.78. The van der Waals surface area contributed by atoms with Gasteiger partial charge in [0, 0.05) is 12.6 Å². The van der Waals surface area contributed by atoms with Gasteiger partial charge in [0.05, 0.1) is 7.11 Å². The van der Waals surface area contributed by atoms with E-state index in [0.717, 1.165) is 29.7 Å². The number of aliphatic hydroxyl groups is 1. The Hall–Kier alpha value is -1.06. The van der Waals surface area contributed by atoms with Crippen molar-refractivity contribution in [2.45, 2.75) is 44.2 Å². The third-order valence-corrected chi connectivity index (χ3v) is 4.39. The largest absolute Gasteiger partial charge is 0.496 e. The first kappa shape index (κ1) is 12.9. The van der Waals surface area contributed by atoms with Gasteiger partial charge in [0.2, 0.25) is 0 Å². The van der Waals surface area contributed by atoms with E-state index in [4.69, 9.17) is 4.74 Å². The summed E-state index contributed by atoms with van der Waals surface area (Å²) >= 11 is 0. The average Bonchev–Trinajstić information content (AvgIpc) is 3.29. The van der Waals surface area contributed by atoms with Gasteiger partial charge in [-0.1, -0.05) is 6.07 Å². The molecule has 0 amide bonds. The van der Waals surface area contributed by atoms with E-state index in [0.29, 0.717) is 18.5 Å². The molecule has 0 aliphatic heterocycles. The molecule has 2 N–H and O–H groups in total. The van der Waals surface area contributed by atoms with Crippen LogP contribution in [0.5, 0.6) is 5.75 Å². The van der Waals surface area contributed by atoms with Crippen molar-refractivity contribution in [1.82, 2.24) is 5.32 Å². The molecule has 104 valence electrons. The van der Waals surface area contributed by atoms with Crippen molar-refractivity contribution in [3.8, 4) is 5.75 Å². The molecule has 3 nitrogen and oxygen atoms in total. The lowest BCUT2D eigenvalue weighted by Crippen LogP contribution is -2.41. The number of methoxy groups -OCH3 is 1. The standard InChI is InChI=1S/C16H23NO2/c1-11-9-13(5-8-15(11)19-2)16(18,12-3-4-12)10-17-14-6-7-14/h5,8-9,12,14,17-18H,3-4,6-7,10H2,1-2H3. The maximum atomic E-state index is 11.1. The smallest absolute Gasteiger partial charge is 0.121 e. The van der Waals surface area contributed by atoms with E-state index in [1.165, 1.54) is 12.8 Å². The normalized spacial score (nSPS) is 22.1. The Morgan fingerprint density at radius 2 is 2.05 bits per heavy atom. The molecule has 1 aromatic rings. The summed E-state index contributed by atoms with van der Waals surface area (Å²) in [5.74, 6) is 1.29. The van der Waals surface area contributed by atoms with E-state index >= 15 is 0 Å². The van der Waals surface area contributed by atoms with E-state index < -0.39 is 5.60 Å². The summed E-state index contributed by atoms with van der Waals surface area (Å²) in [6.07, 6.45) is 4.77. The van der Waals surface area contributed by atoms with Crippen LogP contribution in [0, 0.1) is 12.8 Å². The fraction of sp³-hybridized carbons (Fsp3) is 0.625. The highest BCUT2D eigenvalue weighted by atomic mass is 16.5. The molecule has 2 fully saturated rings. The lowest BCUT2D eigenvalue weighted by molar-refractivity contribution is 0.0130. The number of hydrogen-bond donors (Lipinski definition) is 2. The van der Waals surface area contributed by atoms with E-state index in [9.17, 15) is 5.11 Å². The zero-order valence-corrected chi connectivity index (χ0v) is 11.8. The number of aryl methyl sites for hydroxylation is 1. The van der Waals surface area contributed by atoms with Crippen LogP contribution in [-0.4, -0.2) is 24.8 Å². The van der Waals surface area contributed by atoms with Crippen LogP contribution < -0.4 is 10.1 Å². The van der Waals surface area contributed by atoms with Crippen LogP contribution in [0.2, 0.25) is 0 Å². The Bertz CT molecular complexity index is 466. The van der Waals surface area contributed by atoms with Crippen LogP contribution in [0.15, 0.2) is 18.2 Å². The zero-order chi connectivity index (χ0) is 13.5. The molecule has 3 heteroatoms. The van der Waals surface area contributed by atoms with Crippen molar-refractivity contribution in [2.24, 2.45) is 5.92 Å². The van der Waals surface area contributed by atoms with E-state index in [2.05, 4.69) is 11.4 Å². The predicted octanol–water partition coefficient (Wildman–Crippen LogP) is 2.35. The van der Waals surface area contributed by atoms with Crippen molar-refractivity contribution in [2.75, 3.05) is 13.7 Å². The van der Waals surface area contributed by atoms with Crippen LogP contribution >= 0.6 is 0 Å². The quantitative estimate of drug-likeness (QED) is 0.826. The van der Waals surface area contributed by atoms with Crippen LogP contribution in [0.3, 0.4) is 0 Å². The van der Waals surface area contributed by atoms with E-state index in [1.807, 2.05) is 19.1 Å². The highest BCUT2D eigenvalue weighted by Gasteiger charge is 2.45. The molecule has 0 bridgehead atoms. The Balaban J connectivity index is 1.83. The molecule has 0 radical (unpaired) electrons. The van der Waals surface area contributed by atoms with Gasteiger partial charge in [-0.25, -0.2) is 0 Å². The molecule has 3 rings (SSSR count). The van der Waals surface area contributed by atoms with Crippen LogP contribution in [0.1, 0.15) is 36.8 Å². The Labute approximate surface area is 115 Å². The molecule has 0 heterocycles. The minimum Gasteiger partial charge on any atom is -0.496 e. The van der Waals surface area contributed by atoms with Crippen LogP contribution in [-0.2, 0) is 5.60 Å². The predicted molar refractivity (Wildman–Crippen MR) is 75.4 cm³/mol. The van der Waals surface area contributed by atoms with Gasteiger partial charge in [0.25, 0.3) is 0 Å². The molecule has 2 saturated carbocycles. The second-order valence-electron chi connectivity index (χ2n) is 6.04. The first-order chi connectivity index (χ1) is 9.13. The summed E-state index contributed by atoms with van der Waals surface area (Å²) < 4.78 is 5.30. The Kier molecular flexibility index (Phi) is 3.27. The summed E-state index contributed by atoms with van der Waals surface area (Å²) in [6.45, 7) is 2.71. The van der Waals surface area contributed by atoms with Crippen molar-refractivity contribution in [3.63, 3.8) is 0 Å². The lowest BCUT2D eigenvalue weighted by Gasteiger charge is -2.30. The summed E-state index contributed by atoms with van der Waals surface area (Å²) in [4.78, 5) is 0. The van der Waals surface area contributed by atoms with Crippen molar-refractivity contribution in [1.29, 1.82) is 0 Å². The van der Waals surface area contributed by atoms with Gasteiger partial charge in [-0.3, -0.25) is 0 Å². The molecule has 0 aromatic heterocycles. The lowest BCUT2D eigenvalue weighted by atomic mass is 9.87. The molecule has 0 saturated heterocycles. The van der Waals surface area contributed by atoms with E-state index in [1.54, 1.807) is 7.11 Å². The Morgan fingerprint density at radius 1 is 1.32 bits per heavy atom. The highest BCUT2D eigenvalue weighted by Crippen LogP contribution is 2.46. The first-order valence-corrected chi connectivity index (χ1v) is 7.24. The van der Waals surface area contributed by atoms with Crippen LogP contribution in [0.4, 0.5) is 0 Å². The Morgan fingerprint density at radius 3 is 2.58 bits per heavy atom. The maximum Gasteiger partial charge on any atom is 0.121 e. The number of rotatable bonds is 6. The van der Waals surface area contributed by atoms with E-state index in [-0.39, 0.29) is 0 Å². The van der Waals surface area contributed by atoms with Crippen molar-refractivity contribution < 1.29 is 9.84 Å². The maximum absolute atomic E-state index is 11.1. The van der Waals surface area contributed by atoms with Gasteiger partial charge >= 0.3 is 0 Å². The third-order valence-electron chi connectivity index (χ3n) is 4.39. The topological polar surface area (TPSA) is 41.5 Å². The van der Waals surface area contributed by atoms with Crippen molar-refractivity contribution >= 4 is 0 Å². The molecule has 1 aromatic carbocycles. The van der Waals surface area contributed by atoms with Gasteiger partial charge in [-0.05, 0) is 61.8 Å². The SMILES string of the molecule is COc1ccc(C(O)(CNC2CC2)C2CC2)cc1C. The molecule has 1 atom stereocenters. The molecular formula is C16H23NO2. The zero-order valence-electron chi connectivity index (χ0n) is 11.8. The van der Waals surface area contributed by atoms with Gasteiger partial charge in [0.1, 0.15) is 11.4 Å². The molecule has 1 unspecified atom stereocenters. The number of ether oxygens (including phenoxy) is 1. The van der Waals surface area contributed by atoms with Gasteiger partial charge in [-0.2, -0.15) is 0 Å². The molecule has 0 spiro atoms. The van der Waals surface area contributed by atoms with Crippen molar-refractivity contribution in [3.05, 3.63) is 29.3 Å². The minimum atomic E-state index is -0.709. The molecule has 19 heavy (non-hydrogen) atoms. The van der Waals surface area contributed by atoms with Gasteiger partial charge < -0.3 is 15.2 Å². The monoisotopic (exact) mass is 261 g/mol. The number of nitrogens with one attached hydrogen (secondary N) is 1. The van der Waals surface area contributed by atoms with Crippen LogP contribution in [0.25, 0.3) is 0 Å². The first-order valence-electron chi connectivity index (χ1n) is 7.24. The number of hydrogen-bond acceptors (Lipinski definition) is 3. The summed E-state index contributed by atoms with van der Waals surface area (Å²) in [5.41, 5.74) is 1.41. The fourth-order valence-corrected chi connectivity index (χ4v) is 2.78. The highest BCUT2D eigenvalue weighted by molar-refractivity contribution is 5.39. The molecular weight excluding hydrogens is 238 g/mol. The second kappa shape index (κ2) is 4.80. The van der Waals surface area contributed by atoms with Gasteiger partial charge in [-0.15, -0.1) is 0 Å². The van der Waals surface area contributed by atoms with Gasteiger partial charge in [0.15, 0.2) is 0 Å². The molecule has 2 aliphatic carbocycles. The number of benzene rings is 1. The minimum absolute atomic E-state index is 0.409. The average molecular weight is 261 g/mol.